The van der Waals surface area contributed by atoms with Crippen LogP contribution in [0.4, 0.5) is 0 Å². The molecule has 3 atom stereocenters. The van der Waals surface area contributed by atoms with Crippen LogP contribution in [0.5, 0.6) is 0 Å². The van der Waals surface area contributed by atoms with Gasteiger partial charge in [0, 0.05) is 0 Å². The average molecular weight is 295 g/mol. The van der Waals surface area contributed by atoms with Crippen molar-refractivity contribution >= 4 is 17.9 Å². The number of aliphatic hydroxyl groups excluding tert-OH is 2. The molecule has 20 heavy (non-hydrogen) atoms. The molecular weight excluding hydrogens is 278 g/mol. The molecule has 0 bridgehead atoms. The molecule has 0 aliphatic heterocycles. The number of hydrogen-bond acceptors (Lipinski definition) is 8. The van der Waals surface area contributed by atoms with E-state index >= 15 is 0 Å². The highest BCUT2D eigenvalue weighted by Crippen LogP contribution is 2.18. The summed E-state index contributed by atoms with van der Waals surface area (Å²) in [6.07, 6.45) is -5.15. The zero-order valence-corrected chi connectivity index (χ0v) is 10.9. The van der Waals surface area contributed by atoms with Gasteiger partial charge in [-0.05, 0) is 13.8 Å². The zero-order chi connectivity index (χ0) is 16.1. The van der Waals surface area contributed by atoms with Gasteiger partial charge in [0.05, 0.1) is 12.8 Å². The Bertz CT molecular complexity index is 373. The van der Waals surface area contributed by atoms with Crippen molar-refractivity contribution in [3.8, 4) is 0 Å². The predicted octanol–water partition coefficient (Wildman–Crippen LogP) is -1.90. The SMILES string of the molecule is CC(O)N(OC(=O)CC(O)(CC(=O)O)C(=O)O)C(C)O. The third-order valence-corrected chi connectivity index (χ3v) is 2.22. The number of aliphatic hydroxyl groups is 3. The van der Waals surface area contributed by atoms with Crippen LogP contribution in [-0.2, 0) is 19.2 Å². The summed E-state index contributed by atoms with van der Waals surface area (Å²) in [5.41, 5.74) is -2.84. The molecular formula is C10H17NO9. The molecule has 0 aliphatic rings. The Hall–Kier alpha value is -1.75. The van der Waals surface area contributed by atoms with E-state index < -0.39 is 48.8 Å². The second kappa shape index (κ2) is 7.14. The van der Waals surface area contributed by atoms with E-state index in [9.17, 15) is 29.7 Å². The standard InChI is InChI=1S/C10H17NO9/c1-5(12)11(6(2)13)20-8(16)4-10(19,9(17)18)3-7(14)15/h5-6,12-13,19H,3-4H2,1-2H3,(H,14,15)(H,17,18). The Morgan fingerprint density at radius 2 is 1.55 bits per heavy atom. The van der Waals surface area contributed by atoms with Crippen LogP contribution in [0.25, 0.3) is 0 Å². The molecule has 3 unspecified atom stereocenters. The van der Waals surface area contributed by atoms with E-state index in [1.54, 1.807) is 0 Å². The van der Waals surface area contributed by atoms with E-state index in [0.717, 1.165) is 0 Å². The Labute approximate surface area is 113 Å². The molecule has 0 amide bonds. The van der Waals surface area contributed by atoms with Gasteiger partial charge in [0.2, 0.25) is 0 Å². The first-order valence-corrected chi connectivity index (χ1v) is 5.52. The molecule has 0 aromatic rings. The fraction of sp³-hybridized carbons (Fsp3) is 0.700. The monoisotopic (exact) mass is 295 g/mol. The minimum absolute atomic E-state index is 0.450. The minimum atomic E-state index is -2.84. The van der Waals surface area contributed by atoms with Crippen molar-refractivity contribution in [1.82, 2.24) is 5.06 Å². The van der Waals surface area contributed by atoms with Gasteiger partial charge in [-0.15, -0.1) is 0 Å². The van der Waals surface area contributed by atoms with Gasteiger partial charge in [-0.25, -0.2) is 4.79 Å². The Kier molecular flexibility index (Phi) is 6.52. The summed E-state index contributed by atoms with van der Waals surface area (Å²) in [7, 11) is 0. The van der Waals surface area contributed by atoms with Gasteiger partial charge in [-0.1, -0.05) is 5.06 Å². The molecule has 0 heterocycles. The summed E-state index contributed by atoms with van der Waals surface area (Å²) >= 11 is 0. The number of carbonyl (C=O) groups excluding carboxylic acids is 1. The highest BCUT2D eigenvalue weighted by Gasteiger charge is 2.42. The van der Waals surface area contributed by atoms with E-state index in [4.69, 9.17) is 10.2 Å². The Balaban J connectivity index is 4.86. The van der Waals surface area contributed by atoms with Crippen LogP contribution in [0.1, 0.15) is 26.7 Å². The van der Waals surface area contributed by atoms with Crippen LogP contribution >= 0.6 is 0 Å². The highest BCUT2D eigenvalue weighted by molar-refractivity contribution is 5.88. The summed E-state index contributed by atoms with van der Waals surface area (Å²) in [4.78, 5) is 37.2. The van der Waals surface area contributed by atoms with E-state index in [-0.39, 0.29) is 0 Å². The van der Waals surface area contributed by atoms with Crippen molar-refractivity contribution in [3.05, 3.63) is 0 Å². The third kappa shape index (κ3) is 5.48. The van der Waals surface area contributed by atoms with Crippen molar-refractivity contribution in [3.63, 3.8) is 0 Å². The van der Waals surface area contributed by atoms with Crippen LogP contribution in [0, 0.1) is 0 Å². The molecule has 5 N–H and O–H groups in total. The number of aliphatic carboxylic acids is 2. The maximum Gasteiger partial charge on any atom is 0.336 e. The van der Waals surface area contributed by atoms with E-state index in [1.807, 2.05) is 0 Å². The Morgan fingerprint density at radius 3 is 1.85 bits per heavy atom. The number of carbonyl (C=O) groups is 3. The van der Waals surface area contributed by atoms with Crippen LogP contribution in [0.15, 0.2) is 0 Å². The van der Waals surface area contributed by atoms with Crippen molar-refractivity contribution in [1.29, 1.82) is 0 Å². The first kappa shape index (κ1) is 18.2. The van der Waals surface area contributed by atoms with Crippen molar-refractivity contribution in [2.24, 2.45) is 0 Å². The number of carboxylic acids is 2. The maximum atomic E-state index is 11.5. The lowest BCUT2D eigenvalue weighted by atomic mass is 9.96. The second-order valence-corrected chi connectivity index (χ2v) is 4.17. The van der Waals surface area contributed by atoms with Gasteiger partial charge in [-0.2, -0.15) is 0 Å². The lowest BCUT2D eigenvalue weighted by molar-refractivity contribution is -0.278. The van der Waals surface area contributed by atoms with Crippen molar-refractivity contribution in [2.75, 3.05) is 0 Å². The van der Waals surface area contributed by atoms with Gasteiger partial charge in [0.15, 0.2) is 5.60 Å². The summed E-state index contributed by atoms with van der Waals surface area (Å²) in [5.74, 6) is -4.85. The zero-order valence-electron chi connectivity index (χ0n) is 10.9. The average Bonchev–Trinajstić information content (AvgIpc) is 2.23. The van der Waals surface area contributed by atoms with Gasteiger partial charge >= 0.3 is 17.9 Å². The number of hydrogen-bond donors (Lipinski definition) is 5. The maximum absolute atomic E-state index is 11.5. The lowest BCUT2D eigenvalue weighted by Crippen LogP contribution is -2.46. The van der Waals surface area contributed by atoms with Gasteiger partial charge in [0.25, 0.3) is 0 Å². The number of carboxylic acid groups (broad SMARTS) is 2. The smallest absolute Gasteiger partial charge is 0.336 e. The molecule has 0 saturated heterocycles. The molecule has 0 spiro atoms. The fourth-order valence-electron chi connectivity index (χ4n) is 1.32. The molecule has 0 fully saturated rings. The summed E-state index contributed by atoms with van der Waals surface area (Å²) in [6.45, 7) is 2.33. The van der Waals surface area contributed by atoms with Gasteiger partial charge in [-0.3, -0.25) is 9.59 Å². The molecule has 0 aromatic carbocycles. The molecule has 0 aliphatic carbocycles. The number of nitrogens with zero attached hydrogens (tertiary/aromatic N) is 1. The molecule has 0 radical (unpaired) electrons. The minimum Gasteiger partial charge on any atom is -0.481 e. The quantitative estimate of drug-likeness (QED) is 0.252. The summed E-state index contributed by atoms with van der Waals surface area (Å²) in [5, 5.41) is 45.7. The molecule has 10 nitrogen and oxygen atoms in total. The second-order valence-electron chi connectivity index (χ2n) is 4.17. The van der Waals surface area contributed by atoms with Crippen molar-refractivity contribution in [2.45, 2.75) is 44.7 Å². The molecule has 0 aromatic heterocycles. The molecule has 10 heteroatoms. The van der Waals surface area contributed by atoms with E-state index in [0.29, 0.717) is 5.06 Å². The first-order chi connectivity index (χ1) is 8.99. The van der Waals surface area contributed by atoms with Crippen LogP contribution in [0.3, 0.4) is 0 Å². The highest BCUT2D eigenvalue weighted by atomic mass is 16.7. The molecule has 0 rings (SSSR count). The van der Waals surface area contributed by atoms with Gasteiger partial charge < -0.3 is 30.4 Å². The third-order valence-electron chi connectivity index (χ3n) is 2.22. The number of hydroxylamine groups is 2. The number of rotatable bonds is 8. The summed E-state index contributed by atoms with van der Waals surface area (Å²) in [6, 6.07) is 0. The Morgan fingerprint density at radius 1 is 1.10 bits per heavy atom. The fourth-order valence-corrected chi connectivity index (χ4v) is 1.32. The van der Waals surface area contributed by atoms with Crippen LogP contribution < -0.4 is 0 Å². The van der Waals surface area contributed by atoms with Crippen molar-refractivity contribution < 1.29 is 44.8 Å². The largest absolute Gasteiger partial charge is 0.481 e. The molecule has 116 valence electrons. The summed E-state index contributed by atoms with van der Waals surface area (Å²) < 4.78 is 0. The van der Waals surface area contributed by atoms with Crippen LogP contribution in [0.2, 0.25) is 0 Å². The lowest BCUT2D eigenvalue weighted by Gasteiger charge is -2.27. The van der Waals surface area contributed by atoms with Crippen LogP contribution in [-0.4, -0.2) is 66.6 Å². The first-order valence-electron chi connectivity index (χ1n) is 5.52. The topological polar surface area (TPSA) is 165 Å². The molecule has 0 saturated carbocycles. The predicted molar refractivity (Wildman–Crippen MR) is 60.7 cm³/mol. The van der Waals surface area contributed by atoms with E-state index in [1.165, 1.54) is 13.8 Å². The normalized spacial score (nSPS) is 17.1. The van der Waals surface area contributed by atoms with Gasteiger partial charge in [0.1, 0.15) is 12.5 Å². The van der Waals surface area contributed by atoms with E-state index in [2.05, 4.69) is 4.84 Å².